The molecule has 0 saturated heterocycles. The second kappa shape index (κ2) is 6.34. The number of alkyl halides is 1. The minimum Gasteiger partial charge on any atom is -0.305 e. The van der Waals surface area contributed by atoms with E-state index in [-0.39, 0.29) is 16.9 Å². The van der Waals surface area contributed by atoms with Crippen molar-refractivity contribution >= 4 is 34.8 Å². The van der Waals surface area contributed by atoms with Gasteiger partial charge in [0.2, 0.25) is 5.91 Å². The van der Waals surface area contributed by atoms with E-state index in [1.807, 2.05) is 35.2 Å². The number of hydrogen-bond acceptors (Lipinski definition) is 1. The van der Waals surface area contributed by atoms with Gasteiger partial charge in [-0.1, -0.05) is 48.9 Å². The number of carbonyl (C=O) groups excluding carboxylic acids is 1. The average molecular weight is 376 g/mol. The molecule has 2 nitrogen and oxygen atoms in total. The van der Waals surface area contributed by atoms with Crippen molar-refractivity contribution in [2.45, 2.75) is 50.4 Å². The highest BCUT2D eigenvalue weighted by molar-refractivity contribution is 6.32. The molecule has 2 aromatic rings. The molecule has 4 heteroatoms. The van der Waals surface area contributed by atoms with Gasteiger partial charge < -0.3 is 4.90 Å². The average Bonchev–Trinajstić information content (AvgIpc) is 2.54. The first-order valence-electron chi connectivity index (χ1n) is 8.50. The fourth-order valence-electron chi connectivity index (χ4n) is 4.17. The Balaban J connectivity index is 2.22. The van der Waals surface area contributed by atoms with E-state index < -0.39 is 5.38 Å². The zero-order valence-electron chi connectivity index (χ0n) is 15.0. The van der Waals surface area contributed by atoms with Crippen LogP contribution in [-0.2, 0) is 10.2 Å². The molecule has 0 fully saturated rings. The summed E-state index contributed by atoms with van der Waals surface area (Å²) in [6, 6.07) is 16.1. The van der Waals surface area contributed by atoms with Crippen LogP contribution >= 0.6 is 23.2 Å². The molecule has 0 bridgehead atoms. The molecule has 132 valence electrons. The summed E-state index contributed by atoms with van der Waals surface area (Å²) in [4.78, 5) is 14.7. The maximum atomic E-state index is 12.8. The molecule has 3 rings (SSSR count). The van der Waals surface area contributed by atoms with Crippen molar-refractivity contribution in [2.24, 2.45) is 0 Å². The smallest absolute Gasteiger partial charge is 0.245 e. The van der Waals surface area contributed by atoms with Gasteiger partial charge in [-0.2, -0.15) is 0 Å². The van der Waals surface area contributed by atoms with Crippen molar-refractivity contribution in [1.82, 2.24) is 0 Å². The summed E-state index contributed by atoms with van der Waals surface area (Å²) in [5, 5.41) is 0.163. The largest absolute Gasteiger partial charge is 0.305 e. The molecule has 0 aliphatic carbocycles. The van der Waals surface area contributed by atoms with E-state index in [1.165, 1.54) is 5.56 Å². The van der Waals surface area contributed by atoms with Crippen LogP contribution in [-0.4, -0.2) is 16.8 Å². The highest BCUT2D eigenvalue weighted by Gasteiger charge is 2.48. The fraction of sp³-hybridized carbons (Fsp3) is 0.381. The van der Waals surface area contributed by atoms with Crippen LogP contribution in [0.2, 0.25) is 5.02 Å². The number of anilines is 1. The van der Waals surface area contributed by atoms with E-state index >= 15 is 0 Å². The van der Waals surface area contributed by atoms with Crippen LogP contribution < -0.4 is 4.90 Å². The first-order chi connectivity index (χ1) is 11.7. The Kier molecular flexibility index (Phi) is 4.63. The molecule has 0 unspecified atom stereocenters. The number of carbonyl (C=O) groups is 1. The minimum atomic E-state index is -0.563. The molecular weight excluding hydrogens is 353 g/mol. The standard InChI is InChI=1S/C21H23Cl2NO/c1-14(22)19(25)24-18-8-6-5-7-17(18)21(4,13-20(24,2)3)15-9-11-16(23)12-10-15/h5-12,14H,13H2,1-4H3/t14-,21-/m1/s1. The second-order valence-electron chi connectivity index (χ2n) is 7.64. The van der Waals surface area contributed by atoms with Crippen LogP contribution in [0, 0.1) is 0 Å². The van der Waals surface area contributed by atoms with Crippen LogP contribution in [0.15, 0.2) is 48.5 Å². The highest BCUT2D eigenvalue weighted by Crippen LogP contribution is 2.50. The van der Waals surface area contributed by atoms with Gasteiger partial charge in [-0.3, -0.25) is 4.79 Å². The number of benzene rings is 2. The first kappa shape index (κ1) is 18.3. The van der Waals surface area contributed by atoms with Gasteiger partial charge in [-0.15, -0.1) is 11.6 Å². The molecule has 2 aromatic carbocycles. The van der Waals surface area contributed by atoms with Gasteiger partial charge >= 0.3 is 0 Å². The molecule has 1 amide bonds. The Labute approximate surface area is 159 Å². The van der Waals surface area contributed by atoms with Gasteiger partial charge in [0.25, 0.3) is 0 Å². The van der Waals surface area contributed by atoms with Crippen molar-refractivity contribution in [3.8, 4) is 0 Å². The normalized spacial score (nSPS) is 23.0. The van der Waals surface area contributed by atoms with E-state index in [0.717, 1.165) is 22.7 Å². The summed E-state index contributed by atoms with van der Waals surface area (Å²) in [6.07, 6.45) is 0.800. The van der Waals surface area contributed by atoms with E-state index in [0.29, 0.717) is 0 Å². The number of amides is 1. The molecular formula is C21H23Cl2NO. The van der Waals surface area contributed by atoms with Crippen molar-refractivity contribution in [3.63, 3.8) is 0 Å². The van der Waals surface area contributed by atoms with Crippen molar-refractivity contribution < 1.29 is 4.79 Å². The Bertz CT molecular complexity index is 798. The van der Waals surface area contributed by atoms with Gasteiger partial charge in [0, 0.05) is 21.7 Å². The molecule has 0 spiro atoms. The van der Waals surface area contributed by atoms with Gasteiger partial charge in [-0.05, 0) is 56.5 Å². The first-order valence-corrected chi connectivity index (χ1v) is 9.32. The van der Waals surface area contributed by atoms with Crippen LogP contribution in [0.3, 0.4) is 0 Å². The third-order valence-corrected chi connectivity index (χ3v) is 5.61. The van der Waals surface area contributed by atoms with Crippen molar-refractivity contribution in [3.05, 3.63) is 64.7 Å². The molecule has 25 heavy (non-hydrogen) atoms. The topological polar surface area (TPSA) is 20.3 Å². The highest BCUT2D eigenvalue weighted by atomic mass is 35.5. The molecule has 0 saturated carbocycles. The quantitative estimate of drug-likeness (QED) is 0.608. The lowest BCUT2D eigenvalue weighted by Gasteiger charge is -2.51. The zero-order valence-corrected chi connectivity index (χ0v) is 16.5. The summed E-state index contributed by atoms with van der Waals surface area (Å²) in [5.74, 6) is -0.0581. The van der Waals surface area contributed by atoms with Gasteiger partial charge in [0.15, 0.2) is 0 Å². The summed E-state index contributed by atoms with van der Waals surface area (Å²) in [6.45, 7) is 8.18. The van der Waals surface area contributed by atoms with Crippen LogP contribution in [0.4, 0.5) is 5.69 Å². The van der Waals surface area contributed by atoms with Crippen LogP contribution in [0.25, 0.3) is 0 Å². The number of para-hydroxylation sites is 1. The Hall–Kier alpha value is -1.51. The molecule has 1 aliphatic heterocycles. The summed E-state index contributed by atoms with van der Waals surface area (Å²) >= 11 is 12.2. The number of nitrogens with zero attached hydrogens (tertiary/aromatic N) is 1. The molecule has 1 aliphatic rings. The third-order valence-electron chi connectivity index (χ3n) is 5.17. The molecule has 2 atom stereocenters. The summed E-state index contributed by atoms with van der Waals surface area (Å²) < 4.78 is 0. The van der Waals surface area contributed by atoms with Gasteiger partial charge in [0.1, 0.15) is 5.38 Å². The monoisotopic (exact) mass is 375 g/mol. The SMILES string of the molecule is C[C@@H](Cl)C(=O)N1c2ccccc2[C@@](C)(c2ccc(Cl)cc2)CC1(C)C. The Morgan fingerprint density at radius 3 is 2.28 bits per heavy atom. The zero-order chi connectivity index (χ0) is 18.4. The summed E-state index contributed by atoms with van der Waals surface area (Å²) in [5.41, 5.74) is 2.71. The molecule has 0 radical (unpaired) electrons. The third kappa shape index (κ3) is 3.07. The Morgan fingerprint density at radius 2 is 1.68 bits per heavy atom. The lowest BCUT2D eigenvalue weighted by Crippen LogP contribution is -2.57. The molecule has 1 heterocycles. The van der Waals surface area contributed by atoms with Crippen molar-refractivity contribution in [1.29, 1.82) is 0 Å². The van der Waals surface area contributed by atoms with Crippen molar-refractivity contribution in [2.75, 3.05) is 4.90 Å². The number of rotatable bonds is 2. The van der Waals surface area contributed by atoms with Crippen LogP contribution in [0.5, 0.6) is 0 Å². The van der Waals surface area contributed by atoms with Crippen LogP contribution in [0.1, 0.15) is 45.2 Å². The predicted molar refractivity (Wildman–Crippen MR) is 106 cm³/mol. The van der Waals surface area contributed by atoms with E-state index in [2.05, 4.69) is 39.0 Å². The minimum absolute atomic E-state index is 0.0581. The predicted octanol–water partition coefficient (Wildman–Crippen LogP) is 5.79. The number of halogens is 2. The number of hydrogen-bond donors (Lipinski definition) is 0. The van der Waals surface area contributed by atoms with E-state index in [4.69, 9.17) is 23.2 Å². The van der Waals surface area contributed by atoms with Gasteiger partial charge in [-0.25, -0.2) is 0 Å². The maximum Gasteiger partial charge on any atom is 0.245 e. The van der Waals surface area contributed by atoms with Gasteiger partial charge in [0.05, 0.1) is 0 Å². The molecule has 0 aromatic heterocycles. The van der Waals surface area contributed by atoms with E-state index in [1.54, 1.807) is 6.92 Å². The lowest BCUT2D eigenvalue weighted by atomic mass is 9.65. The van der Waals surface area contributed by atoms with E-state index in [9.17, 15) is 4.79 Å². The maximum absolute atomic E-state index is 12.8. The fourth-order valence-corrected chi connectivity index (χ4v) is 4.39. The summed E-state index contributed by atoms with van der Waals surface area (Å²) in [7, 11) is 0. The second-order valence-corrected chi connectivity index (χ2v) is 8.73. The number of fused-ring (bicyclic) bond motifs is 1. The lowest BCUT2D eigenvalue weighted by molar-refractivity contribution is -0.119. The molecule has 0 N–H and O–H groups in total. The Morgan fingerprint density at radius 1 is 1.08 bits per heavy atom.